The van der Waals surface area contributed by atoms with Gasteiger partial charge in [-0.15, -0.1) is 0 Å². The molecule has 0 aliphatic heterocycles. The average Bonchev–Trinajstić information content (AvgIpc) is 2.59. The van der Waals surface area contributed by atoms with Crippen molar-refractivity contribution in [3.05, 3.63) is 45.3 Å². The van der Waals surface area contributed by atoms with Gasteiger partial charge in [-0.1, -0.05) is 34.1 Å². The highest BCUT2D eigenvalue weighted by molar-refractivity contribution is 9.11. The Bertz CT molecular complexity index is 655. The second-order valence-corrected chi connectivity index (χ2v) is 5.04. The first-order valence-corrected chi connectivity index (χ1v) is 6.11. The van der Waals surface area contributed by atoms with Gasteiger partial charge in [0, 0.05) is 15.2 Å². The molecule has 0 atom stereocenters. The molecule has 0 bridgehead atoms. The van der Waals surface area contributed by atoms with E-state index in [9.17, 15) is 0 Å². The van der Waals surface area contributed by atoms with E-state index in [1.165, 1.54) is 0 Å². The molecule has 1 nitrogen and oxygen atoms in total. The topological polar surface area (TPSA) is 13.1 Å². The quantitative estimate of drug-likeness (QED) is 0.559. The first kappa shape index (κ1) is 9.43. The summed E-state index contributed by atoms with van der Waals surface area (Å²) in [4.78, 5) is 0. The van der Waals surface area contributed by atoms with E-state index in [1.807, 2.05) is 30.3 Å². The number of hydrogen-bond acceptors (Lipinski definition) is 1. The highest BCUT2D eigenvalue weighted by Crippen LogP contribution is 2.36. The number of halogens is 2. The van der Waals surface area contributed by atoms with E-state index in [2.05, 4.69) is 37.9 Å². The summed E-state index contributed by atoms with van der Waals surface area (Å²) in [5.41, 5.74) is 1.81. The van der Waals surface area contributed by atoms with Crippen LogP contribution in [0.25, 0.3) is 21.9 Å². The van der Waals surface area contributed by atoms with Gasteiger partial charge in [0.2, 0.25) is 0 Å². The van der Waals surface area contributed by atoms with Crippen LogP contribution in [0.3, 0.4) is 0 Å². The lowest BCUT2D eigenvalue weighted by atomic mass is 10.2. The molecule has 0 saturated heterocycles. The van der Waals surface area contributed by atoms with Crippen molar-refractivity contribution in [3.8, 4) is 0 Å². The van der Waals surface area contributed by atoms with Crippen LogP contribution < -0.4 is 0 Å². The molecule has 3 rings (SSSR count). The molecule has 0 aliphatic rings. The van der Waals surface area contributed by atoms with Gasteiger partial charge in [-0.2, -0.15) is 0 Å². The van der Waals surface area contributed by atoms with Crippen LogP contribution in [0.1, 0.15) is 0 Å². The Morgan fingerprint density at radius 2 is 1.60 bits per heavy atom. The molecule has 3 aromatic rings. The number of para-hydroxylation sites is 1. The van der Waals surface area contributed by atoms with Gasteiger partial charge in [0.25, 0.3) is 0 Å². The van der Waals surface area contributed by atoms with Gasteiger partial charge in [0.1, 0.15) is 11.2 Å². The zero-order valence-electron chi connectivity index (χ0n) is 7.63. The molecule has 15 heavy (non-hydrogen) atoms. The number of hydrogen-bond donors (Lipinski definition) is 0. The monoisotopic (exact) mass is 324 g/mol. The predicted molar refractivity (Wildman–Crippen MR) is 69.1 cm³/mol. The standard InChI is InChI=1S/C12H6Br2O/c13-8-4-2-6-10-11(8)7-3-1-5-9(14)12(7)15-10/h1-6H. The molecule has 0 aliphatic carbocycles. The third-order valence-corrected chi connectivity index (χ3v) is 3.71. The number of rotatable bonds is 0. The largest absolute Gasteiger partial charge is 0.455 e. The SMILES string of the molecule is Brc1cccc2c1oc1cccc(Br)c12. The molecule has 2 aromatic carbocycles. The van der Waals surface area contributed by atoms with E-state index >= 15 is 0 Å². The molecule has 0 radical (unpaired) electrons. The van der Waals surface area contributed by atoms with Gasteiger partial charge in [0.15, 0.2) is 0 Å². The summed E-state index contributed by atoms with van der Waals surface area (Å²) in [6.07, 6.45) is 0. The summed E-state index contributed by atoms with van der Waals surface area (Å²) in [5, 5.41) is 2.26. The minimum Gasteiger partial charge on any atom is -0.455 e. The van der Waals surface area contributed by atoms with Crippen LogP contribution >= 0.6 is 31.9 Å². The fourth-order valence-electron chi connectivity index (χ4n) is 1.77. The lowest BCUT2D eigenvalue weighted by Crippen LogP contribution is -1.69. The zero-order valence-corrected chi connectivity index (χ0v) is 10.8. The average molecular weight is 326 g/mol. The van der Waals surface area contributed by atoms with Gasteiger partial charge >= 0.3 is 0 Å². The first-order valence-electron chi connectivity index (χ1n) is 4.52. The number of fused-ring (bicyclic) bond motifs is 3. The van der Waals surface area contributed by atoms with E-state index in [0.29, 0.717) is 0 Å². The zero-order chi connectivity index (χ0) is 10.4. The third kappa shape index (κ3) is 1.34. The molecule has 0 fully saturated rings. The Hall–Kier alpha value is -0.800. The molecule has 0 N–H and O–H groups in total. The van der Waals surface area contributed by atoms with Crippen molar-refractivity contribution in [1.82, 2.24) is 0 Å². The van der Waals surface area contributed by atoms with Crippen molar-refractivity contribution < 1.29 is 4.42 Å². The Morgan fingerprint density at radius 1 is 0.867 bits per heavy atom. The maximum atomic E-state index is 5.79. The highest BCUT2D eigenvalue weighted by Gasteiger charge is 2.10. The molecule has 0 spiro atoms. The van der Waals surface area contributed by atoms with Crippen LogP contribution in [0.15, 0.2) is 49.8 Å². The minimum absolute atomic E-state index is 0.902. The van der Waals surface area contributed by atoms with Crippen LogP contribution in [0.5, 0.6) is 0 Å². The maximum Gasteiger partial charge on any atom is 0.149 e. The van der Waals surface area contributed by atoms with E-state index in [1.54, 1.807) is 0 Å². The Morgan fingerprint density at radius 3 is 2.47 bits per heavy atom. The van der Waals surface area contributed by atoms with Crippen molar-refractivity contribution in [1.29, 1.82) is 0 Å². The van der Waals surface area contributed by atoms with Crippen molar-refractivity contribution >= 4 is 53.8 Å². The third-order valence-electron chi connectivity index (χ3n) is 2.42. The molecule has 74 valence electrons. The van der Waals surface area contributed by atoms with Gasteiger partial charge in [0.05, 0.1) is 4.47 Å². The van der Waals surface area contributed by atoms with Crippen molar-refractivity contribution in [3.63, 3.8) is 0 Å². The minimum atomic E-state index is 0.902. The smallest absolute Gasteiger partial charge is 0.149 e. The summed E-state index contributed by atoms with van der Waals surface area (Å²) in [6, 6.07) is 12.0. The van der Waals surface area contributed by atoms with Crippen LogP contribution in [0, 0.1) is 0 Å². The lowest BCUT2D eigenvalue weighted by molar-refractivity contribution is 0.666. The molecule has 1 heterocycles. The molecule has 0 amide bonds. The Kier molecular flexibility index (Phi) is 2.11. The molecule has 1 aromatic heterocycles. The normalized spacial score (nSPS) is 11.3. The Balaban J connectivity index is 2.65. The second kappa shape index (κ2) is 3.35. The maximum absolute atomic E-state index is 5.79. The fourth-order valence-corrected chi connectivity index (χ4v) is 2.78. The van der Waals surface area contributed by atoms with Crippen LogP contribution in [-0.2, 0) is 0 Å². The van der Waals surface area contributed by atoms with E-state index in [4.69, 9.17) is 4.42 Å². The lowest BCUT2D eigenvalue weighted by Gasteiger charge is -1.92. The highest BCUT2D eigenvalue weighted by atomic mass is 79.9. The molecule has 0 saturated carbocycles. The summed E-state index contributed by atoms with van der Waals surface area (Å²) < 4.78 is 7.84. The fraction of sp³-hybridized carbons (Fsp3) is 0. The number of benzene rings is 2. The van der Waals surface area contributed by atoms with Gasteiger partial charge in [-0.3, -0.25) is 0 Å². The molecule has 3 heteroatoms. The molecule has 0 unspecified atom stereocenters. The summed E-state index contributed by atoms with van der Waals surface area (Å²) in [7, 11) is 0. The van der Waals surface area contributed by atoms with Gasteiger partial charge in [-0.25, -0.2) is 0 Å². The van der Waals surface area contributed by atoms with Gasteiger partial charge in [-0.05, 0) is 34.1 Å². The first-order chi connectivity index (χ1) is 7.27. The Labute approximate surface area is 103 Å². The van der Waals surface area contributed by atoms with Crippen LogP contribution in [0.2, 0.25) is 0 Å². The number of furan rings is 1. The van der Waals surface area contributed by atoms with E-state index in [0.717, 1.165) is 30.9 Å². The van der Waals surface area contributed by atoms with Crippen molar-refractivity contribution in [2.75, 3.05) is 0 Å². The van der Waals surface area contributed by atoms with Crippen molar-refractivity contribution in [2.45, 2.75) is 0 Å². The van der Waals surface area contributed by atoms with Crippen LogP contribution in [0.4, 0.5) is 0 Å². The molecular weight excluding hydrogens is 320 g/mol. The molecular formula is C12H6Br2O. The van der Waals surface area contributed by atoms with Gasteiger partial charge < -0.3 is 4.42 Å². The van der Waals surface area contributed by atoms with E-state index in [-0.39, 0.29) is 0 Å². The van der Waals surface area contributed by atoms with Crippen molar-refractivity contribution in [2.24, 2.45) is 0 Å². The summed E-state index contributed by atoms with van der Waals surface area (Å²) >= 11 is 7.04. The summed E-state index contributed by atoms with van der Waals surface area (Å²) in [6.45, 7) is 0. The van der Waals surface area contributed by atoms with Crippen LogP contribution in [-0.4, -0.2) is 0 Å². The summed E-state index contributed by atoms with van der Waals surface area (Å²) in [5.74, 6) is 0. The second-order valence-electron chi connectivity index (χ2n) is 3.33. The van der Waals surface area contributed by atoms with E-state index < -0.39 is 0 Å². The predicted octanol–water partition coefficient (Wildman–Crippen LogP) is 5.11.